The summed E-state index contributed by atoms with van der Waals surface area (Å²) < 4.78 is 5.73. The number of carbonyl (C=O) groups is 1. The fourth-order valence-corrected chi connectivity index (χ4v) is 3.80. The summed E-state index contributed by atoms with van der Waals surface area (Å²) in [7, 11) is 1.85. The van der Waals surface area contributed by atoms with E-state index in [4.69, 9.17) is 4.42 Å². The molecule has 1 aliphatic rings. The second kappa shape index (κ2) is 6.76. The van der Waals surface area contributed by atoms with Crippen LogP contribution in [0.2, 0.25) is 0 Å². The molecule has 0 spiro atoms. The van der Waals surface area contributed by atoms with Gasteiger partial charge in [-0.25, -0.2) is 4.98 Å². The van der Waals surface area contributed by atoms with Gasteiger partial charge < -0.3 is 9.32 Å². The Labute approximate surface area is 149 Å². The van der Waals surface area contributed by atoms with E-state index in [0.717, 1.165) is 23.8 Å². The summed E-state index contributed by atoms with van der Waals surface area (Å²) in [5.74, 6) is 1.65. The minimum absolute atomic E-state index is 0.0753. The molecule has 3 aromatic rings. The van der Waals surface area contributed by atoms with Gasteiger partial charge in [0.05, 0.1) is 5.75 Å². The SMILES string of the molecule is CN(C(=O)c1ccc(CSc2ncn[nH]2)o1)C1Cc2ccccc2C1. The van der Waals surface area contributed by atoms with Crippen LogP contribution in [0.1, 0.15) is 27.4 Å². The van der Waals surface area contributed by atoms with Crippen molar-refractivity contribution in [1.82, 2.24) is 20.1 Å². The molecular formula is C18H18N4O2S. The number of fused-ring (bicyclic) bond motifs is 1. The van der Waals surface area contributed by atoms with Crippen molar-refractivity contribution in [2.24, 2.45) is 0 Å². The molecule has 1 aromatic carbocycles. The Hall–Kier alpha value is -2.54. The van der Waals surface area contributed by atoms with Gasteiger partial charge in [-0.05, 0) is 36.1 Å². The molecule has 1 aliphatic carbocycles. The van der Waals surface area contributed by atoms with Gasteiger partial charge in [0.25, 0.3) is 5.91 Å². The van der Waals surface area contributed by atoms with Crippen LogP contribution in [0.25, 0.3) is 0 Å². The van der Waals surface area contributed by atoms with Crippen LogP contribution in [0.4, 0.5) is 0 Å². The summed E-state index contributed by atoms with van der Waals surface area (Å²) in [6, 6.07) is 12.1. The average molecular weight is 354 g/mol. The first-order valence-electron chi connectivity index (χ1n) is 8.11. The molecule has 0 radical (unpaired) electrons. The normalized spacial score (nSPS) is 13.8. The topological polar surface area (TPSA) is 75.0 Å². The quantitative estimate of drug-likeness (QED) is 0.713. The molecule has 1 N–H and O–H groups in total. The number of aromatic amines is 1. The summed E-state index contributed by atoms with van der Waals surface area (Å²) in [4.78, 5) is 18.6. The fraction of sp³-hybridized carbons (Fsp3) is 0.278. The maximum Gasteiger partial charge on any atom is 0.289 e. The lowest BCUT2D eigenvalue weighted by Crippen LogP contribution is -2.37. The van der Waals surface area contributed by atoms with E-state index in [2.05, 4.69) is 27.3 Å². The van der Waals surface area contributed by atoms with Gasteiger partial charge in [0.15, 0.2) is 10.9 Å². The summed E-state index contributed by atoms with van der Waals surface area (Å²) in [6.45, 7) is 0. The predicted octanol–water partition coefficient (Wildman–Crippen LogP) is 2.93. The number of rotatable bonds is 5. The Morgan fingerprint density at radius 3 is 2.72 bits per heavy atom. The molecule has 0 unspecified atom stereocenters. The highest BCUT2D eigenvalue weighted by Crippen LogP contribution is 2.26. The molecule has 0 aliphatic heterocycles. The molecule has 1 amide bonds. The van der Waals surface area contributed by atoms with Crippen LogP contribution in [0.5, 0.6) is 0 Å². The van der Waals surface area contributed by atoms with E-state index in [1.54, 1.807) is 11.0 Å². The third kappa shape index (κ3) is 3.32. The van der Waals surface area contributed by atoms with Gasteiger partial charge in [-0.15, -0.1) is 0 Å². The van der Waals surface area contributed by atoms with Crippen molar-refractivity contribution in [3.8, 4) is 0 Å². The lowest BCUT2D eigenvalue weighted by atomic mass is 10.1. The predicted molar refractivity (Wildman–Crippen MR) is 94.4 cm³/mol. The van der Waals surface area contributed by atoms with Crippen molar-refractivity contribution in [1.29, 1.82) is 0 Å². The van der Waals surface area contributed by atoms with E-state index in [0.29, 0.717) is 11.5 Å². The summed E-state index contributed by atoms with van der Waals surface area (Å²) >= 11 is 1.48. The summed E-state index contributed by atoms with van der Waals surface area (Å²) in [5.41, 5.74) is 2.66. The molecule has 0 fully saturated rings. The van der Waals surface area contributed by atoms with E-state index in [1.807, 2.05) is 25.2 Å². The van der Waals surface area contributed by atoms with E-state index in [1.165, 1.54) is 29.2 Å². The standard InChI is InChI=1S/C18H18N4O2S/c1-22(14-8-12-4-2-3-5-13(12)9-14)17(23)16-7-6-15(24-16)10-25-18-19-11-20-21-18/h2-7,11,14H,8-10H2,1H3,(H,19,20,21). The fourth-order valence-electron chi connectivity index (χ4n) is 3.12. The number of hydrogen-bond acceptors (Lipinski definition) is 5. The van der Waals surface area contributed by atoms with Crippen molar-refractivity contribution >= 4 is 17.7 Å². The number of furan rings is 1. The second-order valence-corrected chi connectivity index (χ2v) is 7.06. The molecule has 6 nitrogen and oxygen atoms in total. The zero-order valence-corrected chi connectivity index (χ0v) is 14.6. The van der Waals surface area contributed by atoms with Gasteiger partial charge in [0.1, 0.15) is 12.1 Å². The minimum Gasteiger partial charge on any atom is -0.455 e. The van der Waals surface area contributed by atoms with Crippen LogP contribution >= 0.6 is 11.8 Å². The van der Waals surface area contributed by atoms with Crippen molar-refractivity contribution < 1.29 is 9.21 Å². The van der Waals surface area contributed by atoms with Gasteiger partial charge in [-0.2, -0.15) is 5.10 Å². The molecule has 2 heterocycles. The zero-order valence-electron chi connectivity index (χ0n) is 13.8. The number of amides is 1. The Bertz CT molecular complexity index is 850. The van der Waals surface area contributed by atoms with Crippen LogP contribution in [-0.2, 0) is 18.6 Å². The monoisotopic (exact) mass is 354 g/mol. The molecule has 0 bridgehead atoms. The molecule has 2 aromatic heterocycles. The lowest BCUT2D eigenvalue weighted by molar-refractivity contribution is 0.0704. The van der Waals surface area contributed by atoms with E-state index in [9.17, 15) is 4.79 Å². The van der Waals surface area contributed by atoms with Crippen LogP contribution in [0, 0.1) is 0 Å². The van der Waals surface area contributed by atoms with Gasteiger partial charge in [0, 0.05) is 13.1 Å². The maximum absolute atomic E-state index is 12.7. The number of hydrogen-bond donors (Lipinski definition) is 1. The van der Waals surface area contributed by atoms with Gasteiger partial charge in [-0.3, -0.25) is 9.89 Å². The maximum atomic E-state index is 12.7. The number of carbonyl (C=O) groups excluding carboxylic acids is 1. The third-order valence-corrected chi connectivity index (χ3v) is 5.41. The minimum atomic E-state index is -0.0753. The molecule has 0 saturated carbocycles. The van der Waals surface area contributed by atoms with Gasteiger partial charge >= 0.3 is 0 Å². The number of thioether (sulfide) groups is 1. The summed E-state index contributed by atoms with van der Waals surface area (Å²) in [5, 5.41) is 7.32. The smallest absolute Gasteiger partial charge is 0.289 e. The van der Waals surface area contributed by atoms with Crippen molar-refractivity contribution in [3.63, 3.8) is 0 Å². The number of H-pyrrole nitrogens is 1. The lowest BCUT2D eigenvalue weighted by Gasteiger charge is -2.23. The van der Waals surface area contributed by atoms with Crippen molar-refractivity contribution in [2.45, 2.75) is 29.8 Å². The molecule has 7 heteroatoms. The molecular weight excluding hydrogens is 336 g/mol. The first kappa shape index (κ1) is 16.0. The third-order valence-electron chi connectivity index (χ3n) is 4.51. The Balaban J connectivity index is 1.39. The second-order valence-electron chi connectivity index (χ2n) is 6.09. The average Bonchev–Trinajstić information content (AvgIpc) is 3.38. The molecule has 25 heavy (non-hydrogen) atoms. The first-order chi connectivity index (χ1) is 12.2. The Kier molecular flexibility index (Phi) is 4.31. The number of benzene rings is 1. The molecule has 128 valence electrons. The first-order valence-corrected chi connectivity index (χ1v) is 9.10. The molecule has 0 atom stereocenters. The number of likely N-dealkylation sites (N-methyl/N-ethyl adjacent to an activating group) is 1. The van der Waals surface area contributed by atoms with Crippen LogP contribution in [0.3, 0.4) is 0 Å². The van der Waals surface area contributed by atoms with E-state index >= 15 is 0 Å². The Morgan fingerprint density at radius 1 is 1.28 bits per heavy atom. The van der Waals surface area contributed by atoms with Gasteiger partial charge in [0.2, 0.25) is 0 Å². The summed E-state index contributed by atoms with van der Waals surface area (Å²) in [6.07, 6.45) is 3.26. The number of aromatic nitrogens is 3. The van der Waals surface area contributed by atoms with Crippen molar-refractivity contribution in [3.05, 3.63) is 65.4 Å². The Morgan fingerprint density at radius 2 is 2.04 bits per heavy atom. The number of nitrogens with zero attached hydrogens (tertiary/aromatic N) is 3. The molecule has 4 rings (SSSR count). The van der Waals surface area contributed by atoms with E-state index < -0.39 is 0 Å². The van der Waals surface area contributed by atoms with Crippen LogP contribution in [0.15, 0.2) is 52.3 Å². The zero-order chi connectivity index (χ0) is 17.2. The van der Waals surface area contributed by atoms with Gasteiger partial charge in [-0.1, -0.05) is 36.0 Å². The highest BCUT2D eigenvalue weighted by atomic mass is 32.2. The highest BCUT2D eigenvalue weighted by Gasteiger charge is 2.29. The molecule has 0 saturated heterocycles. The van der Waals surface area contributed by atoms with Crippen LogP contribution in [-0.4, -0.2) is 39.1 Å². The van der Waals surface area contributed by atoms with Crippen molar-refractivity contribution in [2.75, 3.05) is 7.05 Å². The number of nitrogens with one attached hydrogen (secondary N) is 1. The van der Waals surface area contributed by atoms with Crippen LogP contribution < -0.4 is 0 Å². The van der Waals surface area contributed by atoms with E-state index in [-0.39, 0.29) is 11.9 Å². The largest absolute Gasteiger partial charge is 0.455 e. The highest BCUT2D eigenvalue weighted by molar-refractivity contribution is 7.98.